The van der Waals surface area contributed by atoms with E-state index < -0.39 is 29.9 Å². The van der Waals surface area contributed by atoms with Crippen molar-refractivity contribution in [2.45, 2.75) is 55.5 Å². The van der Waals surface area contributed by atoms with Gasteiger partial charge in [-0.15, -0.1) is 0 Å². The van der Waals surface area contributed by atoms with Gasteiger partial charge in [0.2, 0.25) is 0 Å². The van der Waals surface area contributed by atoms with Gasteiger partial charge in [0.25, 0.3) is 0 Å². The van der Waals surface area contributed by atoms with Crippen LogP contribution in [0.1, 0.15) is 36.8 Å². The molecule has 2 aromatic rings. The fourth-order valence-corrected chi connectivity index (χ4v) is 5.70. The number of likely N-dealkylation sites (N-methyl/N-ethyl adjacent to an activating group) is 1. The molecule has 43 heavy (non-hydrogen) atoms. The predicted molar refractivity (Wildman–Crippen MR) is 144 cm³/mol. The van der Waals surface area contributed by atoms with Crippen molar-refractivity contribution in [2.24, 2.45) is 0 Å². The molecule has 0 aromatic heterocycles. The molecule has 2 aromatic carbocycles. The van der Waals surface area contributed by atoms with Crippen LogP contribution in [0.3, 0.4) is 0 Å². The topological polar surface area (TPSA) is 109 Å². The third kappa shape index (κ3) is 7.94. The number of ether oxygens (including phenoxy) is 3. The lowest BCUT2D eigenvalue weighted by molar-refractivity contribution is -0.192. The average Bonchev–Trinajstić information content (AvgIpc) is 3.28. The number of carbonyl (C=O) groups excluding carboxylic acids is 1. The summed E-state index contributed by atoms with van der Waals surface area (Å²) in [5, 5.41) is 12.6. The van der Waals surface area contributed by atoms with Gasteiger partial charge >= 0.3 is 24.4 Å². The molecule has 0 bridgehead atoms. The Morgan fingerprint density at radius 1 is 0.953 bits per heavy atom. The number of hydrogen-bond donors (Lipinski definition) is 3. The summed E-state index contributed by atoms with van der Waals surface area (Å²) in [7, 11) is 6.60. The molecule has 1 saturated carbocycles. The first-order valence-electron chi connectivity index (χ1n) is 13.1. The van der Waals surface area contributed by atoms with Gasteiger partial charge in [-0.1, -0.05) is 6.07 Å². The number of anilines is 1. The fraction of sp³-hybridized carbons (Fsp3) is 0.500. The maximum Gasteiger partial charge on any atom is 0.490 e. The van der Waals surface area contributed by atoms with Crippen molar-refractivity contribution < 1.29 is 55.2 Å². The molecule has 3 N–H and O–H groups in total. The van der Waals surface area contributed by atoms with Crippen molar-refractivity contribution in [3.8, 4) is 17.2 Å². The van der Waals surface area contributed by atoms with Crippen LogP contribution in [0, 0.1) is 0 Å². The van der Waals surface area contributed by atoms with Crippen molar-refractivity contribution in [1.82, 2.24) is 10.2 Å². The van der Waals surface area contributed by atoms with Crippen LogP contribution in [0.2, 0.25) is 0 Å². The highest BCUT2D eigenvalue weighted by Crippen LogP contribution is 2.50. The summed E-state index contributed by atoms with van der Waals surface area (Å²) < 4.78 is 87.3. The standard InChI is InChI=1S/C26H32F3N3O4.C2HF3O2/c1-32-10-9-25(16-5-6-21(35-3)22(13-16)36-4)8-7-18(15-23(25)32)30-24(33)31-19-11-17(26(27,28)29)12-20(14-19)34-2;3-2(4,5)1(6)7/h5-6,11-14,18,23H,7-10,15H2,1-4H3,(H2,30,31,33);(H,6,7). The summed E-state index contributed by atoms with van der Waals surface area (Å²) >= 11 is 0. The van der Waals surface area contributed by atoms with Crippen LogP contribution >= 0.6 is 0 Å². The maximum absolute atomic E-state index is 13.2. The van der Waals surface area contributed by atoms with Gasteiger partial charge in [-0.3, -0.25) is 0 Å². The summed E-state index contributed by atoms with van der Waals surface area (Å²) in [4.78, 5) is 23.9. The Bertz CT molecular complexity index is 1300. The molecule has 1 heterocycles. The number of halogens is 6. The lowest BCUT2D eigenvalue weighted by Crippen LogP contribution is -2.52. The fourth-order valence-electron chi connectivity index (χ4n) is 5.70. The Kier molecular flexibility index (Phi) is 10.3. The van der Waals surface area contributed by atoms with E-state index in [1.165, 1.54) is 18.7 Å². The van der Waals surface area contributed by atoms with Crippen molar-refractivity contribution in [3.63, 3.8) is 0 Å². The number of alkyl halides is 6. The highest BCUT2D eigenvalue weighted by Gasteiger charge is 2.50. The summed E-state index contributed by atoms with van der Waals surface area (Å²) in [5.41, 5.74) is 0.250. The third-order valence-electron chi connectivity index (χ3n) is 7.79. The average molecular weight is 622 g/mol. The molecule has 1 saturated heterocycles. The van der Waals surface area contributed by atoms with Crippen molar-refractivity contribution >= 4 is 17.7 Å². The molecule has 2 fully saturated rings. The first-order valence-corrected chi connectivity index (χ1v) is 13.1. The van der Waals surface area contributed by atoms with Crippen LogP contribution in [-0.4, -0.2) is 75.2 Å². The zero-order valence-corrected chi connectivity index (χ0v) is 23.9. The molecule has 2 amide bonds. The number of nitrogens with one attached hydrogen (secondary N) is 2. The molecule has 0 spiro atoms. The monoisotopic (exact) mass is 621 g/mol. The first-order chi connectivity index (χ1) is 20.0. The van der Waals surface area contributed by atoms with Gasteiger partial charge in [0.05, 0.1) is 26.9 Å². The minimum absolute atomic E-state index is 0.0186. The lowest BCUT2D eigenvalue weighted by Gasteiger charge is -2.45. The molecular weight excluding hydrogens is 588 g/mol. The summed E-state index contributed by atoms with van der Waals surface area (Å²) in [6, 6.07) is 8.77. The Morgan fingerprint density at radius 3 is 2.16 bits per heavy atom. The zero-order valence-electron chi connectivity index (χ0n) is 23.9. The van der Waals surface area contributed by atoms with Crippen LogP contribution in [0.4, 0.5) is 36.8 Å². The predicted octanol–water partition coefficient (Wildman–Crippen LogP) is 5.68. The van der Waals surface area contributed by atoms with Crippen LogP contribution in [0.15, 0.2) is 36.4 Å². The van der Waals surface area contributed by atoms with E-state index in [9.17, 15) is 31.1 Å². The zero-order chi connectivity index (χ0) is 32.2. The number of aliphatic carboxylic acids is 1. The number of fused-ring (bicyclic) bond motifs is 1. The number of amides is 2. The van der Waals surface area contributed by atoms with E-state index in [1.807, 2.05) is 12.1 Å². The van der Waals surface area contributed by atoms with Gasteiger partial charge in [-0.25, -0.2) is 9.59 Å². The highest BCUT2D eigenvalue weighted by molar-refractivity contribution is 5.89. The van der Waals surface area contributed by atoms with E-state index in [0.717, 1.165) is 44.4 Å². The Hall–Kier alpha value is -3.88. The van der Waals surface area contributed by atoms with Gasteiger partial charge in [-0.2, -0.15) is 26.3 Å². The summed E-state index contributed by atoms with van der Waals surface area (Å²) in [6.07, 6.45) is -6.31. The number of carboxylic acids is 1. The van der Waals surface area contributed by atoms with Crippen LogP contribution in [-0.2, 0) is 16.4 Å². The highest BCUT2D eigenvalue weighted by atomic mass is 19.4. The molecular formula is C28H33F6N3O6. The van der Waals surface area contributed by atoms with E-state index in [-0.39, 0.29) is 28.9 Å². The second-order valence-corrected chi connectivity index (χ2v) is 10.3. The van der Waals surface area contributed by atoms with Crippen LogP contribution in [0.25, 0.3) is 0 Å². The molecule has 238 valence electrons. The number of rotatable bonds is 6. The van der Waals surface area contributed by atoms with Crippen molar-refractivity contribution in [2.75, 3.05) is 40.2 Å². The van der Waals surface area contributed by atoms with Gasteiger partial charge in [-0.05, 0) is 69.1 Å². The molecule has 2 aliphatic rings. The van der Waals surface area contributed by atoms with Gasteiger partial charge in [0, 0.05) is 29.3 Å². The number of carboxylic acid groups (broad SMARTS) is 1. The van der Waals surface area contributed by atoms with E-state index >= 15 is 0 Å². The van der Waals surface area contributed by atoms with Gasteiger partial charge < -0.3 is 34.9 Å². The van der Waals surface area contributed by atoms with Gasteiger partial charge in [0.1, 0.15) is 5.75 Å². The number of nitrogens with zero attached hydrogens (tertiary/aromatic N) is 1. The summed E-state index contributed by atoms with van der Waals surface area (Å²) in [5.74, 6) is -1.37. The van der Waals surface area contributed by atoms with Gasteiger partial charge in [0.15, 0.2) is 11.5 Å². The molecule has 0 radical (unpaired) electrons. The molecule has 9 nitrogen and oxygen atoms in total. The SMILES string of the molecule is COc1cc(NC(=O)NC2CCC3(c4ccc(OC)c(OC)c4)CCN(C)C3C2)cc(C(F)(F)F)c1.O=C(O)C(F)(F)F. The molecule has 1 aliphatic heterocycles. The lowest BCUT2D eigenvalue weighted by atomic mass is 9.65. The Morgan fingerprint density at radius 2 is 1.60 bits per heavy atom. The largest absolute Gasteiger partial charge is 0.497 e. The molecule has 1 aliphatic carbocycles. The number of methoxy groups -OCH3 is 3. The summed E-state index contributed by atoms with van der Waals surface area (Å²) in [6.45, 7) is 0.932. The number of urea groups is 1. The van der Waals surface area contributed by atoms with E-state index in [0.29, 0.717) is 11.5 Å². The minimum Gasteiger partial charge on any atom is -0.497 e. The van der Waals surface area contributed by atoms with E-state index in [1.54, 1.807) is 14.2 Å². The van der Waals surface area contributed by atoms with Crippen molar-refractivity contribution in [3.05, 3.63) is 47.5 Å². The van der Waals surface area contributed by atoms with E-state index in [4.69, 9.17) is 24.1 Å². The quantitative estimate of drug-likeness (QED) is 0.356. The molecule has 3 unspecified atom stereocenters. The minimum atomic E-state index is -5.08. The Labute approximate surface area is 244 Å². The molecule has 4 rings (SSSR count). The number of hydrogen-bond acceptors (Lipinski definition) is 6. The second kappa shape index (κ2) is 13.2. The second-order valence-electron chi connectivity index (χ2n) is 10.3. The Balaban J connectivity index is 0.000000646. The number of carbonyl (C=O) groups is 2. The maximum atomic E-state index is 13.2. The van der Waals surface area contributed by atoms with Crippen LogP contribution in [0.5, 0.6) is 17.2 Å². The van der Waals surface area contributed by atoms with Crippen LogP contribution < -0.4 is 24.8 Å². The third-order valence-corrected chi connectivity index (χ3v) is 7.79. The smallest absolute Gasteiger partial charge is 0.490 e. The first kappa shape index (κ1) is 33.6. The van der Waals surface area contributed by atoms with E-state index in [2.05, 4.69) is 28.6 Å². The number of benzene rings is 2. The normalized spacial score (nSPS) is 22.0. The van der Waals surface area contributed by atoms with Crippen molar-refractivity contribution in [1.29, 1.82) is 0 Å². The number of likely N-dealkylation sites (tertiary alicyclic amines) is 1. The molecule has 3 atom stereocenters. The molecule has 15 heteroatoms.